The second-order valence-electron chi connectivity index (χ2n) is 6.16. The van der Waals surface area contributed by atoms with Crippen molar-refractivity contribution >= 4 is 29.1 Å². The predicted octanol–water partition coefficient (Wildman–Crippen LogP) is 4.02. The molecule has 22 heavy (non-hydrogen) atoms. The average molecular weight is 325 g/mol. The normalized spacial score (nSPS) is 25.8. The van der Waals surface area contributed by atoms with Gasteiger partial charge in [0.25, 0.3) is 0 Å². The van der Waals surface area contributed by atoms with Crippen LogP contribution in [0.4, 0.5) is 5.69 Å². The molecule has 1 aliphatic rings. The minimum absolute atomic E-state index is 0.324. The molecule has 1 saturated carbocycles. The number of benzene rings is 1. The smallest absolute Gasteiger partial charge is 0.309 e. The number of aliphatic imine (C=N–C) groups is 1. The number of carbonyl (C=O) groups is 1. The van der Waals surface area contributed by atoms with Gasteiger partial charge >= 0.3 is 5.97 Å². The van der Waals surface area contributed by atoms with Crippen LogP contribution in [0.2, 0.25) is 5.02 Å². The third-order valence-electron chi connectivity index (χ3n) is 4.41. The van der Waals surface area contributed by atoms with Crippen LogP contribution in [0.3, 0.4) is 0 Å². The molecule has 1 aromatic carbocycles. The first kappa shape index (κ1) is 16.8. The standard InChI is InChI=1S/C16H21ClN2O3/c1-16(15(20)21)7-5-11(6-8-16)9-14(19-22)18-13-4-2-3-12(17)10-13/h2-4,10-11,22H,5-9H2,1H3,(H,18,19)(H,20,21). The van der Waals surface area contributed by atoms with Gasteiger partial charge in [0.1, 0.15) is 5.84 Å². The summed E-state index contributed by atoms with van der Waals surface area (Å²) in [5, 5.41) is 19.1. The number of carboxylic acids is 1. The van der Waals surface area contributed by atoms with Crippen LogP contribution >= 0.6 is 11.6 Å². The number of aliphatic carboxylic acids is 1. The Labute approximate surface area is 135 Å². The minimum atomic E-state index is -0.723. The molecule has 0 aliphatic heterocycles. The molecule has 0 radical (unpaired) electrons. The summed E-state index contributed by atoms with van der Waals surface area (Å²) >= 11 is 5.92. The van der Waals surface area contributed by atoms with Gasteiger partial charge in [0.15, 0.2) is 0 Å². The summed E-state index contributed by atoms with van der Waals surface area (Å²) in [7, 11) is 0. The van der Waals surface area contributed by atoms with Crippen molar-refractivity contribution in [3.05, 3.63) is 29.3 Å². The van der Waals surface area contributed by atoms with E-state index in [4.69, 9.17) is 11.6 Å². The third-order valence-corrected chi connectivity index (χ3v) is 4.64. The second-order valence-corrected chi connectivity index (χ2v) is 6.60. The number of rotatable bonds is 4. The lowest BCUT2D eigenvalue weighted by molar-refractivity contribution is -0.150. The number of nitrogens with one attached hydrogen (secondary N) is 1. The Kier molecular flexibility index (Phi) is 5.42. The van der Waals surface area contributed by atoms with Crippen LogP contribution in [0.1, 0.15) is 39.0 Å². The van der Waals surface area contributed by atoms with Crippen LogP contribution in [0, 0.1) is 11.3 Å². The van der Waals surface area contributed by atoms with E-state index < -0.39 is 11.4 Å². The molecule has 0 saturated heterocycles. The maximum absolute atomic E-state index is 11.2. The topological polar surface area (TPSA) is 81.9 Å². The number of halogens is 1. The molecule has 0 bridgehead atoms. The lowest BCUT2D eigenvalue weighted by Gasteiger charge is -2.33. The highest BCUT2D eigenvalue weighted by Crippen LogP contribution is 2.40. The number of carboxylic acid groups (broad SMARTS) is 1. The molecule has 2 rings (SSSR count). The van der Waals surface area contributed by atoms with Gasteiger partial charge in [-0.3, -0.25) is 15.5 Å². The van der Waals surface area contributed by atoms with Crippen molar-refractivity contribution in [1.29, 1.82) is 0 Å². The summed E-state index contributed by atoms with van der Waals surface area (Å²) in [5.74, 6) is 0.0789. The highest BCUT2D eigenvalue weighted by atomic mass is 35.5. The van der Waals surface area contributed by atoms with Crippen molar-refractivity contribution in [3.8, 4) is 0 Å². The van der Waals surface area contributed by atoms with Crippen molar-refractivity contribution in [2.24, 2.45) is 16.3 Å². The predicted molar refractivity (Wildman–Crippen MR) is 85.8 cm³/mol. The monoisotopic (exact) mass is 324 g/mol. The third kappa shape index (κ3) is 4.21. The molecule has 0 aromatic heterocycles. The van der Waals surface area contributed by atoms with Gasteiger partial charge in [-0.15, -0.1) is 0 Å². The maximum Gasteiger partial charge on any atom is 0.309 e. The van der Waals surface area contributed by atoms with Gasteiger partial charge < -0.3 is 5.11 Å². The van der Waals surface area contributed by atoms with Crippen LogP contribution < -0.4 is 5.48 Å². The van der Waals surface area contributed by atoms with Gasteiger partial charge in [0, 0.05) is 11.4 Å². The van der Waals surface area contributed by atoms with Gasteiger partial charge in [-0.05, 0) is 56.7 Å². The summed E-state index contributed by atoms with van der Waals surface area (Å²) in [4.78, 5) is 15.6. The molecule has 1 aromatic rings. The zero-order valence-electron chi connectivity index (χ0n) is 12.6. The Morgan fingerprint density at radius 3 is 2.68 bits per heavy atom. The fourth-order valence-corrected chi connectivity index (χ4v) is 3.01. The Balaban J connectivity index is 1.99. The van der Waals surface area contributed by atoms with Crippen molar-refractivity contribution in [2.45, 2.75) is 39.0 Å². The Morgan fingerprint density at radius 2 is 2.14 bits per heavy atom. The van der Waals surface area contributed by atoms with Gasteiger partial charge in [0.05, 0.1) is 11.1 Å². The van der Waals surface area contributed by atoms with Crippen LogP contribution in [-0.4, -0.2) is 22.1 Å². The molecule has 0 atom stereocenters. The van der Waals surface area contributed by atoms with Crippen molar-refractivity contribution in [1.82, 2.24) is 5.48 Å². The van der Waals surface area contributed by atoms with Crippen LogP contribution in [-0.2, 0) is 4.79 Å². The van der Waals surface area contributed by atoms with E-state index in [1.807, 2.05) is 6.07 Å². The highest BCUT2D eigenvalue weighted by Gasteiger charge is 2.37. The molecule has 0 heterocycles. The quantitative estimate of drug-likeness (QED) is 0.444. The van der Waals surface area contributed by atoms with Crippen LogP contribution in [0.5, 0.6) is 0 Å². The number of amidine groups is 1. The summed E-state index contributed by atoms with van der Waals surface area (Å²) in [6.45, 7) is 1.80. The van der Waals surface area contributed by atoms with E-state index >= 15 is 0 Å². The van der Waals surface area contributed by atoms with Crippen LogP contribution in [0.25, 0.3) is 0 Å². The first-order chi connectivity index (χ1) is 10.4. The Bertz CT molecular complexity index is 566. The van der Waals surface area contributed by atoms with E-state index in [0.29, 0.717) is 41.7 Å². The Hall–Kier alpha value is -1.59. The molecule has 1 fully saturated rings. The molecule has 1 aliphatic carbocycles. The first-order valence-corrected chi connectivity index (χ1v) is 7.77. The van der Waals surface area contributed by atoms with Gasteiger partial charge in [0.2, 0.25) is 0 Å². The van der Waals surface area contributed by atoms with Crippen molar-refractivity contribution in [2.75, 3.05) is 0 Å². The van der Waals surface area contributed by atoms with E-state index in [9.17, 15) is 15.1 Å². The molecular weight excluding hydrogens is 304 g/mol. The second kappa shape index (κ2) is 7.11. The maximum atomic E-state index is 11.2. The van der Waals surface area contributed by atoms with Crippen LogP contribution in [0.15, 0.2) is 29.3 Å². The lowest BCUT2D eigenvalue weighted by atomic mass is 9.71. The molecular formula is C16H21ClN2O3. The van der Waals surface area contributed by atoms with Crippen molar-refractivity contribution in [3.63, 3.8) is 0 Å². The molecule has 6 heteroatoms. The Morgan fingerprint density at radius 1 is 1.45 bits per heavy atom. The molecule has 120 valence electrons. The summed E-state index contributed by atoms with van der Waals surface area (Å²) in [6, 6.07) is 7.10. The lowest BCUT2D eigenvalue weighted by Crippen LogP contribution is -2.34. The summed E-state index contributed by atoms with van der Waals surface area (Å²) in [6.07, 6.45) is 3.54. The van der Waals surface area contributed by atoms with Gasteiger partial charge in [-0.25, -0.2) is 4.99 Å². The molecule has 5 nitrogen and oxygen atoms in total. The molecule has 0 amide bonds. The van der Waals surface area contributed by atoms with E-state index in [0.717, 1.165) is 12.8 Å². The number of hydroxylamine groups is 1. The van der Waals surface area contributed by atoms with E-state index in [1.165, 1.54) is 0 Å². The number of nitrogens with zero attached hydrogens (tertiary/aromatic N) is 1. The minimum Gasteiger partial charge on any atom is -0.481 e. The van der Waals surface area contributed by atoms with Gasteiger partial charge in [-0.1, -0.05) is 17.7 Å². The molecule has 3 N–H and O–H groups in total. The molecule has 0 spiro atoms. The fourth-order valence-electron chi connectivity index (χ4n) is 2.82. The van der Waals surface area contributed by atoms with Crippen molar-refractivity contribution < 1.29 is 15.1 Å². The SMILES string of the molecule is CC1(C(=O)O)CCC(CC(=Nc2cccc(Cl)c2)NO)CC1. The summed E-state index contributed by atoms with van der Waals surface area (Å²) < 4.78 is 0. The largest absolute Gasteiger partial charge is 0.481 e. The van der Waals surface area contributed by atoms with Gasteiger partial charge in [-0.2, -0.15) is 0 Å². The number of hydrogen-bond acceptors (Lipinski definition) is 3. The van der Waals surface area contributed by atoms with E-state index in [1.54, 1.807) is 25.1 Å². The first-order valence-electron chi connectivity index (χ1n) is 7.39. The summed E-state index contributed by atoms with van der Waals surface area (Å²) in [5.41, 5.74) is 2.21. The van der Waals surface area contributed by atoms with E-state index in [2.05, 4.69) is 10.5 Å². The number of hydrogen-bond donors (Lipinski definition) is 3. The zero-order valence-corrected chi connectivity index (χ0v) is 13.3. The zero-order chi connectivity index (χ0) is 16.2. The highest BCUT2D eigenvalue weighted by molar-refractivity contribution is 6.30. The fraction of sp³-hybridized carbons (Fsp3) is 0.500. The average Bonchev–Trinajstić information content (AvgIpc) is 2.49. The molecule has 0 unspecified atom stereocenters. The van der Waals surface area contributed by atoms with E-state index in [-0.39, 0.29) is 0 Å².